The number of rotatable bonds is 2. The van der Waals surface area contributed by atoms with Crippen LogP contribution in [0.15, 0.2) is 6.20 Å². The smallest absolute Gasteiger partial charge is 0.158 e. The average Bonchev–Trinajstić information content (AvgIpc) is 2.70. The van der Waals surface area contributed by atoms with Crippen LogP contribution in [0.1, 0.15) is 31.1 Å². The topological polar surface area (TPSA) is 64.1 Å². The van der Waals surface area contributed by atoms with Crippen molar-refractivity contribution in [2.75, 3.05) is 11.5 Å². The van der Waals surface area contributed by atoms with Crippen molar-refractivity contribution in [3.05, 3.63) is 11.9 Å². The Morgan fingerprint density at radius 3 is 3.07 bits per heavy atom. The summed E-state index contributed by atoms with van der Waals surface area (Å²) in [4.78, 5) is 0. The number of hydrogen-bond donors (Lipinski definition) is 2. The van der Waals surface area contributed by atoms with Crippen LogP contribution in [0.2, 0.25) is 0 Å². The van der Waals surface area contributed by atoms with Gasteiger partial charge in [-0.2, -0.15) is 16.9 Å². The van der Waals surface area contributed by atoms with Crippen LogP contribution in [0.25, 0.3) is 0 Å². The lowest BCUT2D eigenvalue weighted by Crippen LogP contribution is -2.11. The average molecular weight is 213 g/mol. The molecular weight excluding hydrogens is 198 g/mol. The lowest BCUT2D eigenvalue weighted by Gasteiger charge is -2.07. The van der Waals surface area contributed by atoms with Crippen molar-refractivity contribution >= 4 is 11.8 Å². The summed E-state index contributed by atoms with van der Waals surface area (Å²) in [6.07, 6.45) is 2.82. The SMILES string of the molecule is CC(N)c1nn(C2CCSC2)cc1O. The molecule has 4 nitrogen and oxygen atoms in total. The number of aromatic nitrogens is 2. The molecule has 1 aliphatic heterocycles. The first-order chi connectivity index (χ1) is 6.68. The van der Waals surface area contributed by atoms with Crippen molar-refractivity contribution in [3.63, 3.8) is 0 Å². The van der Waals surface area contributed by atoms with Crippen molar-refractivity contribution < 1.29 is 5.11 Å². The third-order valence-electron chi connectivity index (χ3n) is 2.45. The molecule has 0 spiro atoms. The highest BCUT2D eigenvalue weighted by Crippen LogP contribution is 2.30. The Bertz CT molecular complexity index is 318. The third kappa shape index (κ3) is 1.74. The van der Waals surface area contributed by atoms with E-state index in [1.807, 2.05) is 23.4 Å². The molecule has 1 aromatic rings. The van der Waals surface area contributed by atoms with E-state index in [9.17, 15) is 5.11 Å². The van der Waals surface area contributed by atoms with Crippen LogP contribution in [-0.4, -0.2) is 26.4 Å². The predicted octanol–water partition coefficient (Wildman–Crippen LogP) is 1.29. The minimum absolute atomic E-state index is 0.203. The molecule has 0 bridgehead atoms. The number of nitrogens with two attached hydrogens (primary N) is 1. The number of thioether (sulfide) groups is 1. The molecular formula is C9H15N3OS. The van der Waals surface area contributed by atoms with E-state index < -0.39 is 0 Å². The lowest BCUT2D eigenvalue weighted by atomic mass is 10.2. The second kappa shape index (κ2) is 3.82. The second-order valence-electron chi connectivity index (χ2n) is 3.69. The molecule has 2 unspecified atom stereocenters. The van der Waals surface area contributed by atoms with Crippen molar-refractivity contribution in [2.45, 2.75) is 25.4 Å². The van der Waals surface area contributed by atoms with E-state index in [2.05, 4.69) is 5.10 Å². The van der Waals surface area contributed by atoms with Crippen LogP contribution in [0.5, 0.6) is 5.75 Å². The van der Waals surface area contributed by atoms with Gasteiger partial charge in [0, 0.05) is 11.8 Å². The lowest BCUT2D eigenvalue weighted by molar-refractivity contribution is 0.461. The molecule has 0 saturated carbocycles. The number of hydrogen-bond acceptors (Lipinski definition) is 4. The van der Waals surface area contributed by atoms with Gasteiger partial charge in [-0.25, -0.2) is 0 Å². The minimum Gasteiger partial charge on any atom is -0.504 e. The fraction of sp³-hybridized carbons (Fsp3) is 0.667. The van der Waals surface area contributed by atoms with Crippen LogP contribution in [0, 0.1) is 0 Å². The van der Waals surface area contributed by atoms with E-state index >= 15 is 0 Å². The first-order valence-electron chi connectivity index (χ1n) is 4.80. The van der Waals surface area contributed by atoms with Gasteiger partial charge in [0.1, 0.15) is 5.69 Å². The second-order valence-corrected chi connectivity index (χ2v) is 4.84. The normalized spacial score (nSPS) is 24.0. The Morgan fingerprint density at radius 2 is 2.57 bits per heavy atom. The highest BCUT2D eigenvalue weighted by Gasteiger charge is 2.21. The van der Waals surface area contributed by atoms with Gasteiger partial charge in [-0.15, -0.1) is 0 Å². The van der Waals surface area contributed by atoms with Gasteiger partial charge in [-0.05, 0) is 19.1 Å². The first-order valence-corrected chi connectivity index (χ1v) is 5.95. The molecule has 0 radical (unpaired) electrons. The van der Waals surface area contributed by atoms with E-state index in [0.29, 0.717) is 11.7 Å². The molecule has 1 saturated heterocycles. The third-order valence-corrected chi connectivity index (χ3v) is 3.60. The summed E-state index contributed by atoms with van der Waals surface area (Å²) in [5, 5.41) is 13.9. The number of aromatic hydroxyl groups is 1. The van der Waals surface area contributed by atoms with E-state index in [1.165, 1.54) is 5.75 Å². The molecule has 3 N–H and O–H groups in total. The summed E-state index contributed by atoms with van der Waals surface area (Å²) in [5.74, 6) is 2.48. The Hall–Kier alpha value is -0.680. The van der Waals surface area contributed by atoms with Crippen LogP contribution in [0.4, 0.5) is 0 Å². The molecule has 2 atom stereocenters. The highest BCUT2D eigenvalue weighted by atomic mass is 32.2. The quantitative estimate of drug-likeness (QED) is 0.777. The Labute approximate surface area is 87.5 Å². The van der Waals surface area contributed by atoms with Crippen molar-refractivity contribution in [2.24, 2.45) is 5.73 Å². The molecule has 0 amide bonds. The molecule has 0 aromatic carbocycles. The monoisotopic (exact) mass is 213 g/mol. The Kier molecular flexibility index (Phi) is 2.69. The standard InChI is InChI=1S/C9H15N3OS/c1-6(10)9-8(13)4-12(11-9)7-2-3-14-5-7/h4,6-7,13H,2-3,5,10H2,1H3. The minimum atomic E-state index is -0.203. The fourth-order valence-corrected chi connectivity index (χ4v) is 2.83. The molecule has 1 aromatic heterocycles. The first kappa shape index (κ1) is 9.86. The van der Waals surface area contributed by atoms with E-state index in [1.54, 1.807) is 6.20 Å². The zero-order valence-corrected chi connectivity index (χ0v) is 9.00. The maximum Gasteiger partial charge on any atom is 0.158 e. The maximum atomic E-state index is 9.59. The van der Waals surface area contributed by atoms with E-state index in [-0.39, 0.29) is 11.8 Å². The highest BCUT2D eigenvalue weighted by molar-refractivity contribution is 7.99. The summed E-state index contributed by atoms with van der Waals surface area (Å²) in [6, 6.07) is 0.226. The molecule has 2 heterocycles. The summed E-state index contributed by atoms with van der Waals surface area (Å²) in [5.41, 5.74) is 6.28. The molecule has 1 aliphatic rings. The molecule has 2 rings (SSSR count). The van der Waals surface area contributed by atoms with Crippen LogP contribution >= 0.6 is 11.8 Å². The van der Waals surface area contributed by atoms with Gasteiger partial charge in [0.15, 0.2) is 5.75 Å². The van der Waals surface area contributed by atoms with Gasteiger partial charge < -0.3 is 10.8 Å². The summed E-state index contributed by atoms with van der Waals surface area (Å²) >= 11 is 1.93. The molecule has 14 heavy (non-hydrogen) atoms. The van der Waals surface area contributed by atoms with E-state index in [0.717, 1.165) is 12.2 Å². The van der Waals surface area contributed by atoms with Gasteiger partial charge in [-0.1, -0.05) is 0 Å². The van der Waals surface area contributed by atoms with Gasteiger partial charge in [-0.3, -0.25) is 4.68 Å². The van der Waals surface area contributed by atoms with Gasteiger partial charge in [0.2, 0.25) is 0 Å². The van der Waals surface area contributed by atoms with Crippen LogP contribution in [-0.2, 0) is 0 Å². The molecule has 5 heteroatoms. The zero-order chi connectivity index (χ0) is 10.1. The summed E-state index contributed by atoms with van der Waals surface area (Å²) in [7, 11) is 0. The van der Waals surface area contributed by atoms with Crippen molar-refractivity contribution in [1.82, 2.24) is 9.78 Å². The van der Waals surface area contributed by atoms with E-state index in [4.69, 9.17) is 5.73 Å². The number of nitrogens with zero attached hydrogens (tertiary/aromatic N) is 2. The Morgan fingerprint density at radius 1 is 1.79 bits per heavy atom. The fourth-order valence-electron chi connectivity index (χ4n) is 1.64. The van der Waals surface area contributed by atoms with Gasteiger partial charge in [0.25, 0.3) is 0 Å². The van der Waals surface area contributed by atoms with Crippen molar-refractivity contribution in [3.8, 4) is 5.75 Å². The Balaban J connectivity index is 2.22. The van der Waals surface area contributed by atoms with Gasteiger partial charge in [0.05, 0.1) is 12.2 Å². The zero-order valence-electron chi connectivity index (χ0n) is 8.18. The summed E-state index contributed by atoms with van der Waals surface area (Å²) < 4.78 is 1.86. The largest absolute Gasteiger partial charge is 0.504 e. The van der Waals surface area contributed by atoms with Gasteiger partial charge >= 0.3 is 0 Å². The maximum absolute atomic E-state index is 9.59. The molecule has 0 aliphatic carbocycles. The molecule has 1 fully saturated rings. The summed E-state index contributed by atoms with van der Waals surface area (Å²) in [6.45, 7) is 1.83. The molecule has 78 valence electrons. The predicted molar refractivity (Wildman–Crippen MR) is 57.5 cm³/mol. The van der Waals surface area contributed by atoms with Crippen LogP contribution in [0.3, 0.4) is 0 Å². The van der Waals surface area contributed by atoms with Crippen LogP contribution < -0.4 is 5.73 Å². The van der Waals surface area contributed by atoms with Crippen molar-refractivity contribution in [1.29, 1.82) is 0 Å².